The van der Waals surface area contributed by atoms with Crippen LogP contribution in [-0.2, 0) is 4.74 Å². The number of nitrogens with zero attached hydrogens (tertiary/aromatic N) is 7. The van der Waals surface area contributed by atoms with E-state index >= 15 is 0 Å². The first kappa shape index (κ1) is 25.6. The minimum Gasteiger partial charge on any atom is -0.444 e. The summed E-state index contributed by atoms with van der Waals surface area (Å²) < 4.78 is 7.32. The molecule has 1 unspecified atom stereocenters. The Labute approximate surface area is 224 Å². The van der Waals surface area contributed by atoms with Gasteiger partial charge in [0, 0.05) is 30.4 Å². The monoisotopic (exact) mass is 525 g/mol. The number of pyridine rings is 1. The van der Waals surface area contributed by atoms with E-state index in [2.05, 4.69) is 20.3 Å². The van der Waals surface area contributed by atoms with E-state index in [0.717, 1.165) is 5.56 Å². The number of hydrogen-bond donors (Lipinski definition) is 2. The van der Waals surface area contributed by atoms with Crippen molar-refractivity contribution in [2.45, 2.75) is 38.8 Å². The third-order valence-corrected chi connectivity index (χ3v) is 6.23. The van der Waals surface area contributed by atoms with E-state index in [1.165, 1.54) is 18.6 Å². The molecule has 0 spiro atoms. The molecule has 1 saturated heterocycles. The quantitative estimate of drug-likeness (QED) is 0.403. The molecule has 0 radical (unpaired) electrons. The summed E-state index contributed by atoms with van der Waals surface area (Å²) >= 11 is 0. The van der Waals surface area contributed by atoms with E-state index in [4.69, 9.17) is 20.8 Å². The molecule has 1 atom stereocenters. The van der Waals surface area contributed by atoms with Crippen molar-refractivity contribution in [1.29, 1.82) is 5.26 Å². The number of likely N-dealkylation sites (tertiary alicyclic amines) is 1. The van der Waals surface area contributed by atoms with Gasteiger partial charge in [-0.15, -0.1) is 0 Å². The van der Waals surface area contributed by atoms with E-state index in [-0.39, 0.29) is 29.7 Å². The molecule has 1 aromatic carbocycles. The summed E-state index contributed by atoms with van der Waals surface area (Å²) in [6.45, 7) is 6.47. The van der Waals surface area contributed by atoms with Gasteiger partial charge in [-0.3, -0.25) is 4.79 Å². The third kappa shape index (κ3) is 5.33. The van der Waals surface area contributed by atoms with Gasteiger partial charge in [0.05, 0.1) is 23.1 Å². The number of nitriles is 1. The van der Waals surface area contributed by atoms with E-state index in [1.54, 1.807) is 39.9 Å². The summed E-state index contributed by atoms with van der Waals surface area (Å²) in [6.07, 6.45) is 3.17. The number of hydrogen-bond acceptors (Lipinski definition) is 9. The number of anilines is 2. The van der Waals surface area contributed by atoms with Crippen molar-refractivity contribution in [3.05, 3.63) is 60.0 Å². The number of fused-ring (bicyclic) bond motifs is 1. The summed E-state index contributed by atoms with van der Waals surface area (Å²) in [5.74, 6) is 0.207. The minimum absolute atomic E-state index is 0.121. The molecule has 198 valence electrons. The molecule has 5 rings (SSSR count). The number of amides is 2. The summed E-state index contributed by atoms with van der Waals surface area (Å²) in [6, 6.07) is 11.8. The number of nitrogen functional groups attached to an aromatic ring is 1. The van der Waals surface area contributed by atoms with Gasteiger partial charge in [-0.2, -0.15) is 10.4 Å². The van der Waals surface area contributed by atoms with Crippen molar-refractivity contribution in [2.24, 2.45) is 0 Å². The van der Waals surface area contributed by atoms with Crippen LogP contribution >= 0.6 is 0 Å². The van der Waals surface area contributed by atoms with Gasteiger partial charge >= 0.3 is 6.09 Å². The molecule has 39 heavy (non-hydrogen) atoms. The topological polar surface area (TPSA) is 165 Å². The average molecular weight is 526 g/mol. The van der Waals surface area contributed by atoms with Crippen molar-refractivity contribution in [3.8, 4) is 17.3 Å². The van der Waals surface area contributed by atoms with Crippen LogP contribution in [0.3, 0.4) is 0 Å². The molecule has 0 bridgehead atoms. The van der Waals surface area contributed by atoms with Gasteiger partial charge in [-0.25, -0.2) is 24.4 Å². The maximum Gasteiger partial charge on any atom is 0.410 e. The zero-order valence-electron chi connectivity index (χ0n) is 21.8. The Morgan fingerprint density at radius 3 is 2.64 bits per heavy atom. The largest absolute Gasteiger partial charge is 0.444 e. The van der Waals surface area contributed by atoms with Crippen molar-refractivity contribution in [1.82, 2.24) is 29.6 Å². The molecule has 1 aliphatic heterocycles. The molecule has 12 nitrogen and oxygen atoms in total. The maximum absolute atomic E-state index is 12.7. The van der Waals surface area contributed by atoms with Crippen LogP contribution < -0.4 is 11.1 Å². The van der Waals surface area contributed by atoms with Gasteiger partial charge < -0.3 is 20.7 Å². The minimum atomic E-state index is -0.581. The lowest BCUT2D eigenvalue weighted by Gasteiger charge is -2.24. The number of carbonyl (C=O) groups is 2. The van der Waals surface area contributed by atoms with Gasteiger partial charge in [-0.1, -0.05) is 12.1 Å². The van der Waals surface area contributed by atoms with Crippen LogP contribution in [0.1, 0.15) is 49.2 Å². The number of ether oxygens (including phenoxy) is 1. The summed E-state index contributed by atoms with van der Waals surface area (Å²) in [5.41, 5.74) is 8.35. The molecule has 3 aromatic heterocycles. The molecule has 0 aliphatic carbocycles. The van der Waals surface area contributed by atoms with Gasteiger partial charge in [-0.05, 0) is 51.5 Å². The lowest BCUT2D eigenvalue weighted by molar-refractivity contribution is 0.0288. The predicted octanol–water partition coefficient (Wildman–Crippen LogP) is 3.78. The molecular weight excluding hydrogens is 498 g/mol. The van der Waals surface area contributed by atoms with E-state index < -0.39 is 5.60 Å². The van der Waals surface area contributed by atoms with Crippen LogP contribution in [-0.4, -0.2) is 60.3 Å². The first-order chi connectivity index (χ1) is 18.6. The van der Waals surface area contributed by atoms with Crippen LogP contribution in [0.4, 0.5) is 16.4 Å². The maximum atomic E-state index is 12.7. The van der Waals surface area contributed by atoms with Crippen LogP contribution in [0.2, 0.25) is 0 Å². The first-order valence-corrected chi connectivity index (χ1v) is 12.4. The van der Waals surface area contributed by atoms with E-state index in [1.807, 2.05) is 26.8 Å². The number of nitrogens with two attached hydrogens (primary N) is 1. The SMILES string of the molecule is CC(C)(C)OC(=O)N1CCC(n2nc(-c3ccc(C(=O)Nc4cc(C#N)ccn4)cc3)c3c(N)ncnc32)C1. The highest BCUT2D eigenvalue weighted by atomic mass is 16.6. The van der Waals surface area contributed by atoms with E-state index in [9.17, 15) is 9.59 Å². The average Bonchev–Trinajstić information content (AvgIpc) is 3.54. The number of benzene rings is 1. The molecule has 4 heterocycles. The van der Waals surface area contributed by atoms with E-state index in [0.29, 0.717) is 47.4 Å². The number of rotatable bonds is 4. The number of aromatic nitrogens is 5. The first-order valence-electron chi connectivity index (χ1n) is 12.4. The zero-order chi connectivity index (χ0) is 27.7. The summed E-state index contributed by atoms with van der Waals surface area (Å²) in [4.78, 5) is 39.7. The lowest BCUT2D eigenvalue weighted by Crippen LogP contribution is -2.35. The third-order valence-electron chi connectivity index (χ3n) is 6.23. The van der Waals surface area contributed by atoms with Crippen LogP contribution in [0.15, 0.2) is 48.9 Å². The Hall–Kier alpha value is -5.05. The normalized spacial score (nSPS) is 15.2. The van der Waals surface area contributed by atoms with Crippen molar-refractivity contribution < 1.29 is 14.3 Å². The van der Waals surface area contributed by atoms with Crippen LogP contribution in [0.5, 0.6) is 0 Å². The Balaban J connectivity index is 1.40. The van der Waals surface area contributed by atoms with Gasteiger partial charge in [0.25, 0.3) is 5.91 Å². The molecule has 3 N–H and O–H groups in total. The second-order valence-corrected chi connectivity index (χ2v) is 10.2. The fourth-order valence-electron chi connectivity index (χ4n) is 4.42. The molecule has 12 heteroatoms. The fraction of sp³-hybridized carbons (Fsp3) is 0.296. The smallest absolute Gasteiger partial charge is 0.410 e. The van der Waals surface area contributed by atoms with Gasteiger partial charge in [0.2, 0.25) is 0 Å². The second-order valence-electron chi connectivity index (χ2n) is 10.2. The molecule has 1 aliphatic rings. The fourth-order valence-corrected chi connectivity index (χ4v) is 4.42. The number of nitrogens with one attached hydrogen (secondary N) is 1. The Kier molecular flexibility index (Phi) is 6.57. The Morgan fingerprint density at radius 1 is 1.15 bits per heavy atom. The zero-order valence-corrected chi connectivity index (χ0v) is 21.8. The highest BCUT2D eigenvalue weighted by Gasteiger charge is 2.33. The van der Waals surface area contributed by atoms with Crippen LogP contribution in [0.25, 0.3) is 22.3 Å². The van der Waals surface area contributed by atoms with Crippen molar-refractivity contribution in [3.63, 3.8) is 0 Å². The molecule has 1 fully saturated rings. The molecular formula is C27H27N9O3. The summed E-state index contributed by atoms with van der Waals surface area (Å²) in [5, 5.41) is 17.2. The summed E-state index contributed by atoms with van der Waals surface area (Å²) in [7, 11) is 0. The van der Waals surface area contributed by atoms with Gasteiger partial charge in [0.1, 0.15) is 29.3 Å². The lowest BCUT2D eigenvalue weighted by atomic mass is 10.1. The second kappa shape index (κ2) is 10.0. The van der Waals surface area contributed by atoms with Gasteiger partial charge in [0.15, 0.2) is 5.65 Å². The van der Waals surface area contributed by atoms with Crippen molar-refractivity contribution in [2.75, 3.05) is 24.1 Å². The Bertz CT molecular complexity index is 1600. The Morgan fingerprint density at radius 2 is 1.92 bits per heavy atom. The predicted molar refractivity (Wildman–Crippen MR) is 144 cm³/mol. The highest BCUT2D eigenvalue weighted by molar-refractivity contribution is 6.04. The van der Waals surface area contributed by atoms with Crippen molar-refractivity contribution >= 4 is 34.7 Å². The molecule has 4 aromatic rings. The molecule has 2 amide bonds. The number of carbonyl (C=O) groups excluding carboxylic acids is 2. The molecule has 0 saturated carbocycles. The standard InChI is InChI=1S/C27H27N9O3/c1-27(2,3)39-26(38)35-11-9-19(14-35)36-24-21(23(29)31-15-32-24)22(34-36)17-4-6-18(7-5-17)25(37)33-20-12-16(13-28)8-10-30-20/h4-8,10,12,15,19H,9,11,14H2,1-3H3,(H2,29,31,32)(H,30,33,37). The van der Waals surface area contributed by atoms with Crippen LogP contribution in [0, 0.1) is 11.3 Å². The highest BCUT2D eigenvalue weighted by Crippen LogP contribution is 2.34.